The van der Waals surface area contributed by atoms with E-state index in [-0.39, 0.29) is 23.5 Å². The van der Waals surface area contributed by atoms with Gasteiger partial charge in [0, 0.05) is 13.1 Å². The summed E-state index contributed by atoms with van der Waals surface area (Å²) in [5, 5.41) is 0.512. The Bertz CT molecular complexity index is 650. The maximum absolute atomic E-state index is 12.8. The lowest BCUT2D eigenvalue weighted by atomic mass is 10.1. The Morgan fingerprint density at radius 3 is 2.73 bits per heavy atom. The zero-order valence-corrected chi connectivity index (χ0v) is 15.3. The van der Waals surface area contributed by atoms with E-state index in [2.05, 4.69) is 18.8 Å². The predicted octanol–water partition coefficient (Wildman–Crippen LogP) is 2.30. The number of carbonyl (C=O) groups is 1. The smallest absolute Gasteiger partial charge is 0.265 e. The first-order valence-electron chi connectivity index (χ1n) is 7.68. The van der Waals surface area contributed by atoms with E-state index in [0.717, 1.165) is 17.1 Å². The number of rotatable bonds is 3. The van der Waals surface area contributed by atoms with Crippen LogP contribution < -0.4 is 0 Å². The number of hydrogen-bond acceptors (Lipinski definition) is 5. The van der Waals surface area contributed by atoms with Crippen LogP contribution in [-0.4, -0.2) is 48.3 Å². The van der Waals surface area contributed by atoms with E-state index in [1.165, 1.54) is 11.3 Å². The molecule has 1 aliphatic rings. The molecule has 1 unspecified atom stereocenters. The van der Waals surface area contributed by atoms with Crippen LogP contribution in [0.25, 0.3) is 0 Å². The van der Waals surface area contributed by atoms with Gasteiger partial charge in [-0.1, -0.05) is 13.8 Å². The fourth-order valence-electron chi connectivity index (χ4n) is 2.58. The van der Waals surface area contributed by atoms with Crippen molar-refractivity contribution in [2.24, 2.45) is 5.92 Å². The van der Waals surface area contributed by atoms with Gasteiger partial charge in [-0.2, -0.15) is 0 Å². The van der Waals surface area contributed by atoms with Crippen LogP contribution in [0.3, 0.4) is 0 Å². The van der Waals surface area contributed by atoms with Crippen molar-refractivity contribution in [1.29, 1.82) is 0 Å². The highest BCUT2D eigenvalue weighted by molar-refractivity contribution is 7.92. The molecule has 0 saturated carbocycles. The van der Waals surface area contributed by atoms with Crippen LogP contribution in [0, 0.1) is 12.8 Å². The molecule has 5 nitrogen and oxygen atoms in total. The summed E-state index contributed by atoms with van der Waals surface area (Å²) in [6, 6.07) is 0. The molecule has 1 atom stereocenters. The number of aryl methyl sites for hydroxylation is 1. The number of hydrogen-bond donors (Lipinski definition) is 0. The number of nitrogens with zero attached hydrogens (tertiary/aromatic N) is 2. The molecule has 2 heterocycles. The second-order valence-corrected chi connectivity index (χ2v) is 10.1. The molecule has 1 aromatic heterocycles. The van der Waals surface area contributed by atoms with Crippen molar-refractivity contribution < 1.29 is 13.2 Å². The molecule has 0 bridgehead atoms. The Balaban J connectivity index is 2.21. The summed E-state index contributed by atoms with van der Waals surface area (Å²) in [4.78, 5) is 19.6. The summed E-state index contributed by atoms with van der Waals surface area (Å²) in [5.41, 5.74) is 0.850. The van der Waals surface area contributed by atoms with Crippen molar-refractivity contribution in [3.8, 4) is 0 Å². The fraction of sp³-hybridized carbons (Fsp3) is 0.733. The highest BCUT2D eigenvalue weighted by atomic mass is 32.2. The van der Waals surface area contributed by atoms with Crippen molar-refractivity contribution in [2.75, 3.05) is 18.8 Å². The number of amides is 1. The third-order valence-electron chi connectivity index (χ3n) is 3.95. The van der Waals surface area contributed by atoms with E-state index in [1.807, 2.05) is 6.92 Å². The molecule has 1 aliphatic heterocycles. The van der Waals surface area contributed by atoms with Gasteiger partial charge in [-0.15, -0.1) is 11.3 Å². The predicted molar refractivity (Wildman–Crippen MR) is 89.2 cm³/mol. The first-order valence-corrected chi connectivity index (χ1v) is 10.2. The minimum absolute atomic E-state index is 0.0528. The van der Waals surface area contributed by atoms with E-state index in [4.69, 9.17) is 0 Å². The van der Waals surface area contributed by atoms with Gasteiger partial charge in [0.25, 0.3) is 5.91 Å². The van der Waals surface area contributed by atoms with Gasteiger partial charge >= 0.3 is 0 Å². The zero-order chi connectivity index (χ0) is 16.5. The van der Waals surface area contributed by atoms with Gasteiger partial charge in [-0.05, 0) is 32.6 Å². The average molecular weight is 345 g/mol. The highest BCUT2D eigenvalue weighted by Gasteiger charge is 2.30. The first kappa shape index (κ1) is 17.4. The minimum Gasteiger partial charge on any atom is -0.337 e. The fourth-order valence-corrected chi connectivity index (χ4v) is 4.83. The molecule has 0 aliphatic carbocycles. The van der Waals surface area contributed by atoms with Crippen LogP contribution in [-0.2, 0) is 16.3 Å². The SMILES string of the molecule is Cc1nc(CC(C)C)c(C(=O)N2CCC(C)S(=O)(=O)CC2)s1. The van der Waals surface area contributed by atoms with E-state index in [0.29, 0.717) is 23.8 Å². The quantitative estimate of drug-likeness (QED) is 0.844. The summed E-state index contributed by atoms with van der Waals surface area (Å²) >= 11 is 1.41. The summed E-state index contributed by atoms with van der Waals surface area (Å²) in [5.74, 6) is 0.417. The van der Waals surface area contributed by atoms with Crippen molar-refractivity contribution >= 4 is 27.1 Å². The van der Waals surface area contributed by atoms with Gasteiger partial charge in [0.1, 0.15) is 4.88 Å². The lowest BCUT2D eigenvalue weighted by molar-refractivity contribution is 0.0770. The van der Waals surface area contributed by atoms with Gasteiger partial charge < -0.3 is 4.90 Å². The summed E-state index contributed by atoms with van der Waals surface area (Å²) in [7, 11) is -3.08. The molecule has 2 rings (SSSR count). The third-order valence-corrected chi connectivity index (χ3v) is 7.17. The number of thiazole rings is 1. The molecule has 1 amide bonds. The van der Waals surface area contributed by atoms with Crippen LogP contribution in [0.15, 0.2) is 0 Å². The molecule has 1 aromatic rings. The number of aromatic nitrogens is 1. The Hall–Kier alpha value is -0.950. The van der Waals surface area contributed by atoms with Crippen LogP contribution >= 0.6 is 11.3 Å². The molecule has 1 saturated heterocycles. The van der Waals surface area contributed by atoms with E-state index in [1.54, 1.807) is 11.8 Å². The second kappa shape index (κ2) is 6.66. The van der Waals surface area contributed by atoms with E-state index >= 15 is 0 Å². The Morgan fingerprint density at radius 1 is 1.41 bits per heavy atom. The Kier molecular flexibility index (Phi) is 5.27. The van der Waals surface area contributed by atoms with Crippen LogP contribution in [0.4, 0.5) is 0 Å². The van der Waals surface area contributed by atoms with Gasteiger partial charge in [-0.25, -0.2) is 13.4 Å². The molecule has 0 aromatic carbocycles. The van der Waals surface area contributed by atoms with Crippen molar-refractivity contribution in [1.82, 2.24) is 9.88 Å². The molecule has 124 valence electrons. The molecule has 22 heavy (non-hydrogen) atoms. The Morgan fingerprint density at radius 2 is 2.09 bits per heavy atom. The largest absolute Gasteiger partial charge is 0.337 e. The van der Waals surface area contributed by atoms with Crippen molar-refractivity contribution in [2.45, 2.75) is 45.8 Å². The first-order chi connectivity index (χ1) is 10.2. The van der Waals surface area contributed by atoms with Gasteiger partial charge in [0.15, 0.2) is 9.84 Å². The average Bonchev–Trinajstić information content (AvgIpc) is 2.70. The minimum atomic E-state index is -3.08. The summed E-state index contributed by atoms with van der Waals surface area (Å²) in [6.45, 7) is 8.61. The molecular formula is C15H24N2O3S2. The van der Waals surface area contributed by atoms with Gasteiger partial charge in [0.05, 0.1) is 21.7 Å². The lowest BCUT2D eigenvalue weighted by Crippen LogP contribution is -2.33. The number of sulfone groups is 1. The van der Waals surface area contributed by atoms with E-state index in [9.17, 15) is 13.2 Å². The maximum Gasteiger partial charge on any atom is 0.265 e. The molecule has 1 fully saturated rings. The second-order valence-electron chi connectivity index (χ2n) is 6.37. The van der Waals surface area contributed by atoms with Crippen LogP contribution in [0.2, 0.25) is 0 Å². The molecule has 7 heteroatoms. The monoisotopic (exact) mass is 344 g/mol. The Labute approximate surface area is 136 Å². The zero-order valence-electron chi connectivity index (χ0n) is 13.6. The molecule has 0 spiro atoms. The normalized spacial score (nSPS) is 21.9. The van der Waals surface area contributed by atoms with Crippen molar-refractivity contribution in [3.63, 3.8) is 0 Å². The number of carbonyl (C=O) groups excluding carboxylic acids is 1. The lowest BCUT2D eigenvalue weighted by Gasteiger charge is -2.19. The van der Waals surface area contributed by atoms with Gasteiger partial charge in [-0.3, -0.25) is 4.79 Å². The topological polar surface area (TPSA) is 67.3 Å². The van der Waals surface area contributed by atoms with Crippen LogP contribution in [0.5, 0.6) is 0 Å². The third kappa shape index (κ3) is 3.87. The molecule has 0 radical (unpaired) electrons. The standard InChI is InChI=1S/C15H24N2O3S2/c1-10(2)9-13-14(21-12(4)16-13)15(18)17-6-5-11(3)22(19,20)8-7-17/h10-11H,5-9H2,1-4H3. The van der Waals surface area contributed by atoms with Gasteiger partial charge in [0.2, 0.25) is 0 Å². The van der Waals surface area contributed by atoms with E-state index < -0.39 is 9.84 Å². The molecule has 0 N–H and O–H groups in total. The van der Waals surface area contributed by atoms with Crippen LogP contribution in [0.1, 0.15) is 47.6 Å². The molecular weight excluding hydrogens is 320 g/mol. The summed E-state index contributed by atoms with van der Waals surface area (Å²) < 4.78 is 24.0. The van der Waals surface area contributed by atoms with Crippen molar-refractivity contribution in [3.05, 3.63) is 15.6 Å². The summed E-state index contributed by atoms with van der Waals surface area (Å²) in [6.07, 6.45) is 1.28. The maximum atomic E-state index is 12.8. The highest BCUT2D eigenvalue weighted by Crippen LogP contribution is 2.24.